The van der Waals surface area contributed by atoms with Crippen molar-refractivity contribution in [3.05, 3.63) is 0 Å². The van der Waals surface area contributed by atoms with Crippen molar-refractivity contribution in [3.8, 4) is 0 Å². The Labute approximate surface area is 162 Å². The van der Waals surface area contributed by atoms with Gasteiger partial charge in [0.15, 0.2) is 0 Å². The maximum Gasteiger partial charge on any atom is 0.326 e. The normalized spacial score (nSPS) is 28.8. The smallest absolute Gasteiger partial charge is 0.326 e. The van der Waals surface area contributed by atoms with Gasteiger partial charge >= 0.3 is 12.0 Å². The third-order valence-corrected chi connectivity index (χ3v) is 5.76. The number of amides is 3. The van der Waals surface area contributed by atoms with Gasteiger partial charge in [-0.2, -0.15) is 0 Å². The molecule has 1 aliphatic heterocycles. The minimum Gasteiger partial charge on any atom is -0.480 e. The Balaban J connectivity index is 2.21. The third kappa shape index (κ3) is 4.74. The van der Waals surface area contributed by atoms with Crippen LogP contribution in [0.4, 0.5) is 4.79 Å². The second kappa shape index (κ2) is 6.99. The van der Waals surface area contributed by atoms with Gasteiger partial charge in [0.2, 0.25) is 5.91 Å². The number of hydrogen-bond donors (Lipinski definition) is 3. The number of rotatable bonds is 4. The molecule has 0 unspecified atom stereocenters. The van der Waals surface area contributed by atoms with Crippen LogP contribution in [0, 0.1) is 16.7 Å². The summed E-state index contributed by atoms with van der Waals surface area (Å²) in [5.74, 6) is -0.784. The van der Waals surface area contributed by atoms with Crippen molar-refractivity contribution in [1.29, 1.82) is 0 Å². The quantitative estimate of drug-likeness (QED) is 0.697. The molecule has 7 nitrogen and oxygen atoms in total. The molecule has 1 heterocycles. The molecule has 1 spiro atoms. The number of carboxylic acids is 1. The molecule has 0 aromatic heterocycles. The predicted molar refractivity (Wildman–Crippen MR) is 103 cm³/mol. The van der Waals surface area contributed by atoms with Crippen LogP contribution in [0.5, 0.6) is 0 Å². The number of nitrogens with one attached hydrogen (secondary N) is 2. The molecular weight excluding hydrogens is 346 g/mol. The molecule has 1 aliphatic carbocycles. The standard InChI is InChI=1S/C20H35N3O4/c1-8-12-9-20(12)10-13(16(25)26)23(11-20)15(24)14(18(2,3)4)21-17(27)22-19(5,6)7/h12-14H,8-11H2,1-7H3,(H,25,26)(H2,21,22,27)/t12-,13+,14-,20-/m1/s1. The van der Waals surface area contributed by atoms with Gasteiger partial charge in [0.1, 0.15) is 12.1 Å². The Morgan fingerprint density at radius 1 is 1.15 bits per heavy atom. The van der Waals surface area contributed by atoms with Gasteiger partial charge in [-0.1, -0.05) is 34.1 Å². The summed E-state index contributed by atoms with van der Waals surface area (Å²) >= 11 is 0. The highest BCUT2D eigenvalue weighted by atomic mass is 16.4. The molecule has 2 aliphatic rings. The summed E-state index contributed by atoms with van der Waals surface area (Å²) in [6.45, 7) is 13.8. The van der Waals surface area contributed by atoms with E-state index < -0.39 is 35.0 Å². The van der Waals surface area contributed by atoms with Crippen LogP contribution in [0.1, 0.15) is 67.7 Å². The van der Waals surface area contributed by atoms with Crippen molar-refractivity contribution in [2.75, 3.05) is 6.54 Å². The van der Waals surface area contributed by atoms with Crippen LogP contribution < -0.4 is 10.6 Å². The van der Waals surface area contributed by atoms with Gasteiger partial charge in [-0.15, -0.1) is 0 Å². The summed E-state index contributed by atoms with van der Waals surface area (Å²) in [5, 5.41) is 15.3. The van der Waals surface area contributed by atoms with Gasteiger partial charge < -0.3 is 20.6 Å². The topological polar surface area (TPSA) is 98.7 Å². The molecule has 3 N–H and O–H groups in total. The largest absolute Gasteiger partial charge is 0.480 e. The molecule has 0 radical (unpaired) electrons. The van der Waals surface area contributed by atoms with Crippen molar-refractivity contribution in [2.24, 2.45) is 16.7 Å². The predicted octanol–water partition coefficient (Wildman–Crippen LogP) is 2.60. The first-order valence-corrected chi connectivity index (χ1v) is 9.82. The van der Waals surface area contributed by atoms with Gasteiger partial charge in [-0.3, -0.25) is 4.79 Å². The van der Waals surface area contributed by atoms with Crippen LogP contribution in [0.3, 0.4) is 0 Å². The number of likely N-dealkylation sites (tertiary alicyclic amines) is 1. The first-order chi connectivity index (χ1) is 12.2. The summed E-state index contributed by atoms with van der Waals surface area (Å²) in [5.41, 5.74) is -1.03. The number of nitrogens with zero attached hydrogens (tertiary/aromatic N) is 1. The van der Waals surface area contributed by atoms with E-state index >= 15 is 0 Å². The van der Waals surface area contributed by atoms with E-state index in [1.165, 1.54) is 4.90 Å². The van der Waals surface area contributed by atoms with Crippen LogP contribution >= 0.6 is 0 Å². The molecule has 154 valence electrons. The summed E-state index contributed by atoms with van der Waals surface area (Å²) in [6, 6.07) is -2.03. The number of carbonyl (C=O) groups is 3. The van der Waals surface area contributed by atoms with Crippen molar-refractivity contribution in [1.82, 2.24) is 15.5 Å². The van der Waals surface area contributed by atoms with E-state index in [-0.39, 0.29) is 11.3 Å². The number of hydrogen-bond acceptors (Lipinski definition) is 3. The van der Waals surface area contributed by atoms with Gasteiger partial charge in [-0.05, 0) is 50.4 Å². The van der Waals surface area contributed by atoms with Gasteiger partial charge in [0.25, 0.3) is 0 Å². The molecule has 0 bridgehead atoms. The lowest BCUT2D eigenvalue weighted by molar-refractivity contribution is -0.150. The molecule has 0 aromatic carbocycles. The van der Waals surface area contributed by atoms with Crippen molar-refractivity contribution >= 4 is 17.9 Å². The minimum absolute atomic E-state index is 0.0520. The van der Waals surface area contributed by atoms with Crippen LogP contribution in [-0.4, -0.2) is 52.1 Å². The summed E-state index contributed by atoms with van der Waals surface area (Å²) < 4.78 is 0. The van der Waals surface area contributed by atoms with Gasteiger partial charge in [-0.25, -0.2) is 9.59 Å². The zero-order valence-electron chi connectivity index (χ0n) is 17.7. The monoisotopic (exact) mass is 381 g/mol. The number of carbonyl (C=O) groups excluding carboxylic acids is 2. The molecule has 2 rings (SSSR count). The molecular formula is C20H35N3O4. The second-order valence-corrected chi connectivity index (χ2v) is 10.3. The molecule has 27 heavy (non-hydrogen) atoms. The van der Waals surface area contributed by atoms with E-state index in [1.807, 2.05) is 41.5 Å². The van der Waals surface area contributed by atoms with Crippen molar-refractivity contribution in [2.45, 2.75) is 85.4 Å². The Hall–Kier alpha value is -1.79. The summed E-state index contributed by atoms with van der Waals surface area (Å²) in [4.78, 5) is 39.0. The molecule has 1 saturated carbocycles. The second-order valence-electron chi connectivity index (χ2n) is 10.3. The van der Waals surface area contributed by atoms with Crippen molar-refractivity contribution in [3.63, 3.8) is 0 Å². The lowest BCUT2D eigenvalue weighted by Gasteiger charge is -2.35. The zero-order valence-corrected chi connectivity index (χ0v) is 17.7. The zero-order chi connectivity index (χ0) is 20.8. The van der Waals surface area contributed by atoms with E-state index in [1.54, 1.807) is 0 Å². The molecule has 7 heteroatoms. The minimum atomic E-state index is -0.964. The van der Waals surface area contributed by atoms with E-state index in [0.29, 0.717) is 18.9 Å². The van der Waals surface area contributed by atoms with Crippen LogP contribution in [-0.2, 0) is 9.59 Å². The van der Waals surface area contributed by atoms with Crippen LogP contribution in [0.25, 0.3) is 0 Å². The average Bonchev–Trinajstić information content (AvgIpc) is 3.01. The van der Waals surface area contributed by atoms with E-state index in [9.17, 15) is 19.5 Å². The fourth-order valence-electron chi connectivity index (χ4n) is 4.24. The number of carboxylic acid groups (broad SMARTS) is 1. The SMILES string of the molecule is CC[C@@H]1C[C@]12C[C@@H](C(=O)O)N(C(=O)[C@@H](NC(=O)NC(C)(C)C)C(C)(C)C)C2. The highest BCUT2D eigenvalue weighted by Gasteiger charge is 2.62. The fourth-order valence-corrected chi connectivity index (χ4v) is 4.24. The van der Waals surface area contributed by atoms with E-state index in [4.69, 9.17) is 0 Å². The van der Waals surface area contributed by atoms with Gasteiger partial charge in [0.05, 0.1) is 0 Å². The molecule has 0 aromatic rings. The Morgan fingerprint density at radius 2 is 1.74 bits per heavy atom. The first-order valence-electron chi connectivity index (χ1n) is 9.82. The summed E-state index contributed by atoms with van der Waals surface area (Å²) in [7, 11) is 0. The van der Waals surface area contributed by atoms with E-state index in [0.717, 1.165) is 12.8 Å². The first kappa shape index (κ1) is 21.5. The molecule has 3 amide bonds. The Morgan fingerprint density at radius 3 is 2.15 bits per heavy atom. The molecule has 1 saturated heterocycles. The number of aliphatic carboxylic acids is 1. The van der Waals surface area contributed by atoms with Crippen LogP contribution in [0.2, 0.25) is 0 Å². The third-order valence-electron chi connectivity index (χ3n) is 5.76. The number of urea groups is 1. The lowest BCUT2D eigenvalue weighted by Crippen LogP contribution is -2.60. The fraction of sp³-hybridized carbons (Fsp3) is 0.850. The Bertz CT molecular complexity index is 620. The summed E-state index contributed by atoms with van der Waals surface area (Å²) in [6.07, 6.45) is 2.50. The lowest BCUT2D eigenvalue weighted by atomic mass is 9.85. The van der Waals surface area contributed by atoms with Crippen molar-refractivity contribution < 1.29 is 19.5 Å². The highest BCUT2D eigenvalue weighted by Crippen LogP contribution is 2.61. The van der Waals surface area contributed by atoms with E-state index in [2.05, 4.69) is 17.6 Å². The maximum absolute atomic E-state index is 13.3. The Kier molecular flexibility index (Phi) is 5.56. The maximum atomic E-state index is 13.3. The highest BCUT2D eigenvalue weighted by molar-refractivity contribution is 5.91. The van der Waals surface area contributed by atoms with Gasteiger partial charge in [0, 0.05) is 12.1 Å². The molecule has 4 atom stereocenters. The van der Waals surface area contributed by atoms with Crippen LogP contribution in [0.15, 0.2) is 0 Å². The molecule has 2 fully saturated rings. The average molecular weight is 382 g/mol.